The normalized spacial score (nSPS) is 14.6. The van der Waals surface area contributed by atoms with E-state index in [0.717, 1.165) is 60.5 Å². The first kappa shape index (κ1) is 31.1. The molecule has 0 atom stereocenters. The lowest BCUT2D eigenvalue weighted by Crippen LogP contribution is -2.40. The summed E-state index contributed by atoms with van der Waals surface area (Å²) in [5, 5.41) is 8.75. The van der Waals surface area contributed by atoms with Gasteiger partial charge in [0.05, 0.1) is 17.1 Å². The minimum absolute atomic E-state index is 0.387. The summed E-state index contributed by atoms with van der Waals surface area (Å²) in [6.45, 7) is 0. The molecule has 0 saturated heterocycles. The molecule has 8 heteroatoms. The second-order valence-corrected chi connectivity index (χ2v) is 15.4. The van der Waals surface area contributed by atoms with Crippen LogP contribution in [-0.2, 0) is 0 Å². The van der Waals surface area contributed by atoms with Gasteiger partial charge in [0.1, 0.15) is 0 Å². The van der Waals surface area contributed by atoms with Crippen molar-refractivity contribution in [2.45, 2.75) is 9.79 Å². The van der Waals surface area contributed by atoms with Gasteiger partial charge in [-0.25, -0.2) is 4.90 Å². The molecule has 0 bridgehead atoms. The summed E-state index contributed by atoms with van der Waals surface area (Å²) in [6.07, 6.45) is 0. The first-order chi connectivity index (χ1) is 27.4. The molecular formula is C48H25N3O4S. The van der Waals surface area contributed by atoms with E-state index in [2.05, 4.69) is 83.0 Å². The van der Waals surface area contributed by atoms with Gasteiger partial charge >= 0.3 is 0 Å². The zero-order chi connectivity index (χ0) is 37.4. The van der Waals surface area contributed by atoms with Gasteiger partial charge in [-0.3, -0.25) is 24.5 Å². The Labute approximate surface area is 323 Å². The molecule has 1 N–H and O–H groups in total. The summed E-state index contributed by atoms with van der Waals surface area (Å²) in [5.41, 5.74) is 7.61. The molecule has 9 aromatic carbocycles. The molecule has 3 aliphatic heterocycles. The van der Waals surface area contributed by atoms with Gasteiger partial charge in [-0.1, -0.05) is 84.6 Å². The van der Waals surface area contributed by atoms with Crippen molar-refractivity contribution in [3.8, 4) is 11.1 Å². The molecule has 9 aromatic rings. The lowest BCUT2D eigenvalue weighted by Gasteiger charge is -2.32. The Balaban J connectivity index is 0.910. The number of nitrogens with zero attached hydrogens (tertiary/aromatic N) is 2. The number of anilines is 4. The molecule has 262 valence electrons. The number of imide groups is 2. The number of hydrogen-bond acceptors (Lipinski definition) is 6. The molecule has 0 fully saturated rings. The van der Waals surface area contributed by atoms with Crippen LogP contribution < -0.4 is 15.1 Å². The highest BCUT2D eigenvalue weighted by atomic mass is 32.2. The van der Waals surface area contributed by atoms with Crippen LogP contribution in [0.1, 0.15) is 41.4 Å². The summed E-state index contributed by atoms with van der Waals surface area (Å²) < 4.78 is 0. The smallest absolute Gasteiger partial charge is 0.265 e. The fourth-order valence-corrected chi connectivity index (χ4v) is 10.1. The second kappa shape index (κ2) is 11.1. The number of para-hydroxylation sites is 2. The van der Waals surface area contributed by atoms with Crippen molar-refractivity contribution < 1.29 is 19.2 Å². The molecule has 7 nitrogen and oxygen atoms in total. The Morgan fingerprint density at radius 2 is 0.768 bits per heavy atom. The molecule has 0 radical (unpaired) electrons. The van der Waals surface area contributed by atoms with Crippen molar-refractivity contribution in [2.24, 2.45) is 0 Å². The Morgan fingerprint density at radius 1 is 0.375 bits per heavy atom. The molecule has 56 heavy (non-hydrogen) atoms. The van der Waals surface area contributed by atoms with Crippen LogP contribution in [0.5, 0.6) is 0 Å². The summed E-state index contributed by atoms with van der Waals surface area (Å²) in [6, 6.07) is 47.6. The van der Waals surface area contributed by atoms with Gasteiger partial charge in [-0.2, -0.15) is 0 Å². The molecular weight excluding hydrogens is 715 g/mol. The summed E-state index contributed by atoms with van der Waals surface area (Å²) in [7, 11) is 0. The Hall–Kier alpha value is -7.29. The van der Waals surface area contributed by atoms with Crippen molar-refractivity contribution in [3.63, 3.8) is 0 Å². The fraction of sp³-hybridized carbons (Fsp3) is 0. The zero-order valence-corrected chi connectivity index (χ0v) is 30.1. The molecule has 0 saturated carbocycles. The predicted octanol–water partition coefficient (Wildman–Crippen LogP) is 11.0. The van der Waals surface area contributed by atoms with Gasteiger partial charge in [0.15, 0.2) is 0 Å². The third kappa shape index (κ3) is 4.08. The van der Waals surface area contributed by atoms with E-state index in [1.54, 1.807) is 36.0 Å². The van der Waals surface area contributed by atoms with Gasteiger partial charge in [0.25, 0.3) is 23.6 Å². The van der Waals surface area contributed by atoms with Crippen molar-refractivity contribution >= 4 is 101 Å². The molecule has 3 aliphatic rings. The third-order valence-corrected chi connectivity index (χ3v) is 12.6. The molecule has 4 amide bonds. The first-order valence-electron chi connectivity index (χ1n) is 18.3. The number of amides is 4. The van der Waals surface area contributed by atoms with Crippen molar-refractivity contribution in [1.82, 2.24) is 5.32 Å². The maximum Gasteiger partial charge on any atom is 0.265 e. The van der Waals surface area contributed by atoms with Gasteiger partial charge in [0, 0.05) is 48.5 Å². The molecule has 12 rings (SSSR count). The van der Waals surface area contributed by atoms with Crippen LogP contribution in [0.15, 0.2) is 155 Å². The van der Waals surface area contributed by atoms with Gasteiger partial charge < -0.3 is 4.90 Å². The van der Waals surface area contributed by atoms with Crippen LogP contribution >= 0.6 is 11.8 Å². The molecule has 0 unspecified atom stereocenters. The van der Waals surface area contributed by atoms with Gasteiger partial charge in [-0.05, 0) is 116 Å². The number of rotatable bonds is 3. The Kier molecular flexibility index (Phi) is 6.18. The number of carbonyl (C=O) groups excluding carboxylic acids is 4. The highest BCUT2D eigenvalue weighted by Crippen LogP contribution is 2.51. The quantitative estimate of drug-likeness (QED) is 0.110. The van der Waals surface area contributed by atoms with Crippen LogP contribution in [0.4, 0.5) is 22.7 Å². The number of benzene rings is 9. The first-order valence-corrected chi connectivity index (χ1v) is 19.1. The minimum atomic E-state index is -0.422. The third-order valence-electron chi connectivity index (χ3n) is 11.5. The van der Waals surface area contributed by atoms with E-state index in [0.29, 0.717) is 38.7 Å². The van der Waals surface area contributed by atoms with E-state index in [1.165, 1.54) is 14.7 Å². The van der Waals surface area contributed by atoms with Crippen molar-refractivity contribution in [2.75, 3.05) is 9.80 Å². The van der Waals surface area contributed by atoms with Crippen molar-refractivity contribution in [3.05, 3.63) is 168 Å². The van der Waals surface area contributed by atoms with E-state index < -0.39 is 11.8 Å². The topological polar surface area (TPSA) is 86.8 Å². The maximum absolute atomic E-state index is 14.3. The van der Waals surface area contributed by atoms with Crippen LogP contribution in [0.2, 0.25) is 0 Å². The average Bonchev–Trinajstić information content (AvgIpc) is 3.23. The lowest BCUT2D eigenvalue weighted by atomic mass is 9.82. The standard InChI is InChI=1S/C48H25N3O4S/c52-45-33-21-17-29-31-19-23-35-44-36(24-20-32(42(31)44)30-18-22-34(46(53)49-45)43(33)41(29)30)48(55)51(47(35)54)28-15-11-26(12-16-28)25-9-13-27(14-10-25)50-37-5-1-3-7-39(37)56-40-8-4-2-6-38(40)50/h1-24H,(H,49,52,53). The van der Waals surface area contributed by atoms with Crippen LogP contribution in [-0.4, -0.2) is 23.6 Å². The monoisotopic (exact) mass is 739 g/mol. The molecule has 0 aliphatic carbocycles. The van der Waals surface area contributed by atoms with Crippen molar-refractivity contribution in [1.29, 1.82) is 0 Å². The molecule has 3 heterocycles. The van der Waals surface area contributed by atoms with Gasteiger partial charge in [-0.15, -0.1) is 0 Å². The maximum atomic E-state index is 14.3. The molecule has 0 aromatic heterocycles. The summed E-state index contributed by atoms with van der Waals surface area (Å²) in [5.74, 6) is -1.62. The van der Waals surface area contributed by atoms with E-state index in [9.17, 15) is 19.2 Å². The van der Waals surface area contributed by atoms with E-state index in [-0.39, 0.29) is 11.8 Å². The number of hydrogen-bond donors (Lipinski definition) is 1. The Morgan fingerprint density at radius 3 is 1.23 bits per heavy atom. The zero-order valence-electron chi connectivity index (χ0n) is 29.3. The van der Waals surface area contributed by atoms with Crippen LogP contribution in [0.3, 0.4) is 0 Å². The summed E-state index contributed by atoms with van der Waals surface area (Å²) >= 11 is 1.78. The largest absolute Gasteiger partial charge is 0.308 e. The van der Waals surface area contributed by atoms with E-state index >= 15 is 0 Å². The van der Waals surface area contributed by atoms with Crippen LogP contribution in [0.25, 0.3) is 54.2 Å². The SMILES string of the molecule is O=C1NC(=O)c2ccc3c4ccc5c6c(ccc(c7ccc1c2c73)c64)C(=O)N(c1ccc(-c2ccc(N3c4ccccc4Sc4ccccc43)cc2)cc1)C5=O. The fourth-order valence-electron chi connectivity index (χ4n) is 9.02. The highest BCUT2D eigenvalue weighted by Gasteiger charge is 2.36. The Bertz CT molecular complexity index is 3120. The second-order valence-electron chi connectivity index (χ2n) is 14.3. The lowest BCUT2D eigenvalue weighted by molar-refractivity contribution is 0.0840. The van der Waals surface area contributed by atoms with Gasteiger partial charge in [0.2, 0.25) is 0 Å². The predicted molar refractivity (Wildman–Crippen MR) is 221 cm³/mol. The van der Waals surface area contributed by atoms with E-state index in [1.807, 2.05) is 48.5 Å². The average molecular weight is 740 g/mol. The van der Waals surface area contributed by atoms with Crippen LogP contribution in [0, 0.1) is 0 Å². The van der Waals surface area contributed by atoms with E-state index in [4.69, 9.17) is 0 Å². The number of fused-ring (bicyclic) bond motifs is 4. The molecule has 0 spiro atoms. The minimum Gasteiger partial charge on any atom is -0.308 e. The number of nitrogens with one attached hydrogen (secondary N) is 1. The summed E-state index contributed by atoms with van der Waals surface area (Å²) in [4.78, 5) is 60.2. The highest BCUT2D eigenvalue weighted by molar-refractivity contribution is 7.99. The number of carbonyl (C=O) groups is 4.